The number of benzene rings is 2. The van der Waals surface area contributed by atoms with Crippen LogP contribution in [0.3, 0.4) is 0 Å². The summed E-state index contributed by atoms with van der Waals surface area (Å²) in [5.41, 5.74) is 9.93. The van der Waals surface area contributed by atoms with E-state index >= 15 is 0 Å². The van der Waals surface area contributed by atoms with Gasteiger partial charge >= 0.3 is 0 Å². The largest absolute Gasteiger partial charge is 0.399 e. The number of nitrogens with zero attached hydrogens (tertiary/aromatic N) is 1. The number of nitrogen functional groups attached to an aromatic ring is 1. The van der Waals surface area contributed by atoms with Crippen molar-refractivity contribution in [3.8, 4) is 0 Å². The van der Waals surface area contributed by atoms with E-state index in [1.54, 1.807) is 0 Å². The number of para-hydroxylation sites is 2. The molecule has 0 saturated carbocycles. The maximum atomic E-state index is 5.71. The molecule has 3 nitrogen and oxygen atoms in total. The highest BCUT2D eigenvalue weighted by Gasteiger charge is 2.09. The highest BCUT2D eigenvalue weighted by atomic mass is 14.9. The van der Waals surface area contributed by atoms with Crippen molar-refractivity contribution in [1.29, 1.82) is 0 Å². The van der Waals surface area contributed by atoms with Crippen LogP contribution in [0.15, 0.2) is 48.5 Å². The van der Waals surface area contributed by atoms with Crippen LogP contribution in [0.1, 0.15) is 24.2 Å². The van der Waals surface area contributed by atoms with E-state index in [-0.39, 0.29) is 0 Å². The van der Waals surface area contributed by atoms with E-state index in [0.717, 1.165) is 29.0 Å². The molecule has 3 heteroatoms. The third-order valence-electron chi connectivity index (χ3n) is 3.44. The molecule has 2 aromatic carbocycles. The minimum atomic E-state index is 0.418. The van der Waals surface area contributed by atoms with E-state index in [1.165, 1.54) is 5.56 Å². The Morgan fingerprint density at radius 3 is 2.58 bits per heavy atom. The molecule has 1 aromatic heterocycles. The second-order valence-corrected chi connectivity index (χ2v) is 4.97. The van der Waals surface area contributed by atoms with E-state index in [4.69, 9.17) is 5.73 Å². The number of aromatic nitrogens is 2. The third-order valence-corrected chi connectivity index (χ3v) is 3.44. The van der Waals surface area contributed by atoms with Crippen LogP contribution in [0, 0.1) is 0 Å². The number of rotatable bonds is 3. The van der Waals surface area contributed by atoms with Crippen molar-refractivity contribution in [1.82, 2.24) is 9.97 Å². The highest BCUT2D eigenvalue weighted by Crippen LogP contribution is 2.21. The average Bonchev–Trinajstić information content (AvgIpc) is 2.81. The molecule has 96 valence electrons. The second kappa shape index (κ2) is 4.76. The van der Waals surface area contributed by atoms with Crippen molar-refractivity contribution < 1.29 is 0 Å². The predicted octanol–water partition coefficient (Wildman–Crippen LogP) is 3.49. The summed E-state index contributed by atoms with van der Waals surface area (Å²) in [4.78, 5) is 7.99. The Balaban J connectivity index is 1.82. The Morgan fingerprint density at radius 1 is 1.11 bits per heavy atom. The smallest absolute Gasteiger partial charge is 0.107 e. The van der Waals surface area contributed by atoms with Gasteiger partial charge in [0.2, 0.25) is 0 Å². The Morgan fingerprint density at radius 2 is 1.84 bits per heavy atom. The fourth-order valence-corrected chi connectivity index (χ4v) is 2.33. The van der Waals surface area contributed by atoms with Crippen molar-refractivity contribution in [2.45, 2.75) is 19.3 Å². The quantitative estimate of drug-likeness (QED) is 0.700. The zero-order chi connectivity index (χ0) is 13.2. The van der Waals surface area contributed by atoms with Gasteiger partial charge in [-0.2, -0.15) is 0 Å². The standard InChI is InChI=1S/C16H17N3/c1-11(12-6-8-13(17)9-7-12)10-16-18-14-4-2-3-5-15(14)19-16/h2-9,11H,10,17H2,1H3,(H,18,19). The van der Waals surface area contributed by atoms with Gasteiger partial charge in [0.25, 0.3) is 0 Å². The molecule has 0 fully saturated rings. The number of hydrogen-bond acceptors (Lipinski definition) is 2. The number of H-pyrrole nitrogens is 1. The van der Waals surface area contributed by atoms with Crippen LogP contribution < -0.4 is 5.73 Å². The monoisotopic (exact) mass is 251 g/mol. The first-order chi connectivity index (χ1) is 9.22. The van der Waals surface area contributed by atoms with Gasteiger partial charge in [-0.25, -0.2) is 4.98 Å². The van der Waals surface area contributed by atoms with Crippen molar-refractivity contribution in [3.05, 3.63) is 59.9 Å². The van der Waals surface area contributed by atoms with Crippen molar-refractivity contribution in [2.75, 3.05) is 5.73 Å². The molecular weight excluding hydrogens is 234 g/mol. The van der Waals surface area contributed by atoms with Gasteiger partial charge in [0, 0.05) is 12.1 Å². The Kier molecular flexibility index (Phi) is 2.95. The summed E-state index contributed by atoms with van der Waals surface area (Å²) in [6.45, 7) is 2.21. The van der Waals surface area contributed by atoms with Gasteiger partial charge in [-0.15, -0.1) is 0 Å². The van der Waals surface area contributed by atoms with Crippen LogP contribution >= 0.6 is 0 Å². The first-order valence-corrected chi connectivity index (χ1v) is 6.51. The van der Waals surface area contributed by atoms with Crippen LogP contribution in [-0.4, -0.2) is 9.97 Å². The normalized spacial score (nSPS) is 12.7. The molecule has 1 atom stereocenters. The number of hydrogen-bond donors (Lipinski definition) is 2. The molecule has 3 N–H and O–H groups in total. The maximum absolute atomic E-state index is 5.71. The molecule has 0 spiro atoms. The second-order valence-electron chi connectivity index (χ2n) is 4.97. The van der Waals surface area contributed by atoms with Gasteiger partial charge in [0.1, 0.15) is 5.82 Å². The van der Waals surface area contributed by atoms with E-state index in [2.05, 4.69) is 35.1 Å². The van der Waals surface area contributed by atoms with Crippen molar-refractivity contribution in [3.63, 3.8) is 0 Å². The molecule has 0 aliphatic rings. The number of fused-ring (bicyclic) bond motifs is 1. The summed E-state index contributed by atoms with van der Waals surface area (Å²) in [6.07, 6.45) is 0.901. The van der Waals surface area contributed by atoms with Crippen LogP contribution in [0.25, 0.3) is 11.0 Å². The third kappa shape index (κ3) is 2.45. The van der Waals surface area contributed by atoms with E-state index in [9.17, 15) is 0 Å². The van der Waals surface area contributed by atoms with Crippen LogP contribution in [0.5, 0.6) is 0 Å². The SMILES string of the molecule is CC(Cc1nc2ccccc2[nH]1)c1ccc(N)cc1. The summed E-state index contributed by atoms with van der Waals surface area (Å²) >= 11 is 0. The van der Waals surface area contributed by atoms with Gasteiger partial charge in [0.05, 0.1) is 11.0 Å². The number of nitrogens with one attached hydrogen (secondary N) is 1. The van der Waals surface area contributed by atoms with Crippen molar-refractivity contribution in [2.24, 2.45) is 0 Å². The molecule has 0 aliphatic carbocycles. The minimum absolute atomic E-state index is 0.418. The topological polar surface area (TPSA) is 54.7 Å². The lowest BCUT2D eigenvalue weighted by Crippen LogP contribution is -2.00. The average molecular weight is 251 g/mol. The molecule has 0 saturated heterocycles. The molecule has 0 aliphatic heterocycles. The van der Waals surface area contributed by atoms with Gasteiger partial charge in [-0.05, 0) is 35.7 Å². The lowest BCUT2D eigenvalue weighted by atomic mass is 9.97. The Bertz CT molecular complexity index is 650. The fraction of sp³-hybridized carbons (Fsp3) is 0.188. The molecule has 19 heavy (non-hydrogen) atoms. The van der Waals surface area contributed by atoms with Gasteiger partial charge in [-0.1, -0.05) is 31.2 Å². The Hall–Kier alpha value is -2.29. The van der Waals surface area contributed by atoms with Gasteiger partial charge in [-0.3, -0.25) is 0 Å². The molecule has 0 amide bonds. The van der Waals surface area contributed by atoms with E-state index in [0.29, 0.717) is 5.92 Å². The molecule has 0 radical (unpaired) electrons. The lowest BCUT2D eigenvalue weighted by Gasteiger charge is -2.10. The molecule has 1 heterocycles. The summed E-state index contributed by atoms with van der Waals surface area (Å²) in [5, 5.41) is 0. The number of imidazole rings is 1. The van der Waals surface area contributed by atoms with Gasteiger partial charge in [0.15, 0.2) is 0 Å². The molecule has 3 aromatic rings. The lowest BCUT2D eigenvalue weighted by molar-refractivity contribution is 0.729. The zero-order valence-corrected chi connectivity index (χ0v) is 10.9. The van der Waals surface area contributed by atoms with Crippen LogP contribution in [0.4, 0.5) is 5.69 Å². The summed E-state index contributed by atoms with van der Waals surface area (Å²) in [6, 6.07) is 16.2. The van der Waals surface area contributed by atoms with E-state index < -0.39 is 0 Å². The number of aromatic amines is 1. The van der Waals surface area contributed by atoms with Crippen LogP contribution in [-0.2, 0) is 6.42 Å². The zero-order valence-electron chi connectivity index (χ0n) is 10.9. The molecule has 3 rings (SSSR count). The Labute approximate surface area is 112 Å². The molecule has 0 bridgehead atoms. The maximum Gasteiger partial charge on any atom is 0.107 e. The van der Waals surface area contributed by atoms with Crippen molar-refractivity contribution >= 4 is 16.7 Å². The highest BCUT2D eigenvalue weighted by molar-refractivity contribution is 5.74. The number of anilines is 1. The first-order valence-electron chi connectivity index (χ1n) is 6.51. The fourth-order valence-electron chi connectivity index (χ4n) is 2.33. The predicted molar refractivity (Wildman–Crippen MR) is 79.1 cm³/mol. The first kappa shape index (κ1) is 11.8. The number of nitrogens with two attached hydrogens (primary N) is 1. The molecular formula is C16H17N3. The molecule has 1 unspecified atom stereocenters. The van der Waals surface area contributed by atoms with Crippen LogP contribution in [0.2, 0.25) is 0 Å². The summed E-state index contributed by atoms with van der Waals surface area (Å²) in [7, 11) is 0. The minimum Gasteiger partial charge on any atom is -0.399 e. The van der Waals surface area contributed by atoms with Gasteiger partial charge < -0.3 is 10.7 Å². The van der Waals surface area contributed by atoms with E-state index in [1.807, 2.05) is 30.3 Å². The summed E-state index contributed by atoms with van der Waals surface area (Å²) < 4.78 is 0. The summed E-state index contributed by atoms with van der Waals surface area (Å²) in [5.74, 6) is 1.45.